The maximum absolute atomic E-state index is 13.8. The summed E-state index contributed by atoms with van der Waals surface area (Å²) in [5, 5.41) is 40.2. The van der Waals surface area contributed by atoms with E-state index in [1.807, 2.05) is 34.8 Å². The molecule has 13 nitrogen and oxygen atoms in total. The first-order valence-corrected chi connectivity index (χ1v) is 24.3. The van der Waals surface area contributed by atoms with Crippen LogP contribution in [0.4, 0.5) is 8.78 Å². The number of nitrogens with one attached hydrogen (secondary N) is 2. The number of aliphatic hydroxyl groups is 1. The number of thiophene rings is 2. The molecule has 2 fully saturated rings. The maximum Gasteiger partial charge on any atom is 0.336 e. The number of hydrogen-bond acceptors (Lipinski definition) is 10. The fourth-order valence-corrected chi connectivity index (χ4v) is 13.3. The maximum atomic E-state index is 13.8. The number of hydrogen-bond donors (Lipinski definition) is 6. The van der Waals surface area contributed by atoms with Crippen molar-refractivity contribution in [3.05, 3.63) is 115 Å². The molecule has 2 aliphatic heterocycles. The molecule has 0 radical (unpaired) electrons. The lowest BCUT2D eigenvalue weighted by molar-refractivity contribution is -0.170. The summed E-state index contributed by atoms with van der Waals surface area (Å²) in [6, 6.07) is 18.9. The number of carboxylic acids is 3. The van der Waals surface area contributed by atoms with Gasteiger partial charge in [-0.2, -0.15) is 0 Å². The Morgan fingerprint density at radius 1 is 0.642 bits per heavy atom. The van der Waals surface area contributed by atoms with Gasteiger partial charge in [0.05, 0.1) is 48.5 Å². The second kappa shape index (κ2) is 18.8. The molecule has 4 aromatic heterocycles. The number of carboxylic acid groups (broad SMARTS) is 3. The van der Waals surface area contributed by atoms with E-state index in [1.165, 1.54) is 44.4 Å². The summed E-state index contributed by atoms with van der Waals surface area (Å²) in [5.74, 6) is -5.36. The van der Waals surface area contributed by atoms with E-state index in [-0.39, 0.29) is 33.9 Å². The van der Waals surface area contributed by atoms with Gasteiger partial charge in [0, 0.05) is 31.6 Å². The minimum absolute atomic E-state index is 0.0819. The number of carbonyl (C=O) groups is 3. The van der Waals surface area contributed by atoms with Crippen molar-refractivity contribution in [1.82, 2.24) is 19.8 Å². The Kier molecular flexibility index (Phi) is 13.6. The average molecular weight is 961 g/mol. The minimum Gasteiger partial charge on any atom is -0.481 e. The Hall–Kier alpha value is -5.01. The van der Waals surface area contributed by atoms with Gasteiger partial charge >= 0.3 is 17.9 Å². The molecule has 10 rings (SSSR count). The number of halogens is 2. The fraction of sp³-hybridized carbons (Fsp3) is 0.460. The third kappa shape index (κ3) is 9.07. The lowest BCUT2D eigenvalue weighted by Gasteiger charge is -2.50. The predicted molar refractivity (Wildman–Crippen MR) is 253 cm³/mol. The number of aromatic nitrogens is 2. The van der Waals surface area contributed by atoms with Crippen LogP contribution in [0.2, 0.25) is 0 Å². The summed E-state index contributed by atoms with van der Waals surface area (Å²) in [5.41, 5.74) is 3.83. The third-order valence-corrected chi connectivity index (χ3v) is 17.0. The minimum atomic E-state index is -2.74. The van der Waals surface area contributed by atoms with Crippen molar-refractivity contribution in [1.29, 1.82) is 0 Å². The average Bonchev–Trinajstić information content (AvgIpc) is 4.13. The molecule has 2 aliphatic carbocycles. The molecule has 0 saturated heterocycles. The molecular formula is C50H58F2N4O9S2. The van der Waals surface area contributed by atoms with Gasteiger partial charge in [-0.05, 0) is 163 Å². The van der Waals surface area contributed by atoms with Gasteiger partial charge < -0.3 is 39.9 Å². The number of benzene rings is 2. The molecule has 67 heavy (non-hydrogen) atoms. The number of nitrogens with zero attached hydrogens (tertiary/aromatic N) is 2. The highest BCUT2D eigenvalue weighted by Gasteiger charge is 2.51. The SMILES string of the molecule is CN(C)C1(c2cccs2)CCC2(CC1)OCCc1c2[nH]c2ccc(F)cc12.CN(C)C1(c2cccs2)CCC2(CC1)OCCc1c2[nH]c2ccc(F)cc12.O=C(O)CC(O)(CC(=O)O)C(=O)O. The van der Waals surface area contributed by atoms with Crippen molar-refractivity contribution in [3.8, 4) is 0 Å². The zero-order valence-electron chi connectivity index (χ0n) is 38.1. The first kappa shape index (κ1) is 48.4. The van der Waals surface area contributed by atoms with Crippen LogP contribution >= 0.6 is 22.7 Å². The summed E-state index contributed by atoms with van der Waals surface area (Å²) in [7, 11) is 8.76. The molecule has 6 aromatic rings. The van der Waals surface area contributed by atoms with Gasteiger partial charge in [-0.25, -0.2) is 13.6 Å². The topological polar surface area (TPSA) is 189 Å². The van der Waals surface area contributed by atoms with Gasteiger partial charge in [-0.15, -0.1) is 22.7 Å². The standard InChI is InChI=1S/2C22H25FN2OS.C6H8O7/c2*1-25(2)21(19-4-3-13-27-19)8-10-22(11-9-21)20-16(7-12-26-22)17-14-15(23)5-6-18(17)24-20;7-3(8)1-6(13,5(11)12)2-4(9)10/h2*3-6,13-14,24H,7-12H2,1-2H3;13H,1-2H2,(H,7,8)(H,9,10)(H,11,12). The van der Waals surface area contributed by atoms with Crippen molar-refractivity contribution < 1.29 is 53.1 Å². The highest BCUT2D eigenvalue weighted by molar-refractivity contribution is 7.10. The van der Waals surface area contributed by atoms with E-state index in [1.54, 1.807) is 12.1 Å². The van der Waals surface area contributed by atoms with Crippen molar-refractivity contribution in [2.45, 2.75) is 105 Å². The normalized spacial score (nSPS) is 24.8. The van der Waals surface area contributed by atoms with E-state index in [2.05, 4.69) is 83.0 Å². The van der Waals surface area contributed by atoms with Crippen LogP contribution < -0.4 is 0 Å². The van der Waals surface area contributed by atoms with Gasteiger partial charge in [0.15, 0.2) is 5.60 Å². The summed E-state index contributed by atoms with van der Waals surface area (Å²) in [4.78, 5) is 45.3. The van der Waals surface area contributed by atoms with E-state index >= 15 is 0 Å². The predicted octanol–water partition coefficient (Wildman–Crippen LogP) is 9.09. The van der Waals surface area contributed by atoms with Crippen LogP contribution in [0.15, 0.2) is 71.4 Å². The van der Waals surface area contributed by atoms with Crippen LogP contribution in [0.3, 0.4) is 0 Å². The Labute approximate surface area is 395 Å². The van der Waals surface area contributed by atoms with Crippen LogP contribution in [0, 0.1) is 11.6 Å². The number of fused-ring (bicyclic) bond motifs is 8. The molecule has 2 aromatic carbocycles. The quantitative estimate of drug-likeness (QED) is 0.0811. The number of rotatable bonds is 9. The molecule has 0 atom stereocenters. The largest absolute Gasteiger partial charge is 0.481 e. The van der Waals surface area contributed by atoms with E-state index in [0.717, 1.165) is 86.0 Å². The number of H-pyrrole nitrogens is 2. The molecule has 4 aliphatic rings. The Balaban J connectivity index is 0.000000146. The van der Waals surface area contributed by atoms with Crippen molar-refractivity contribution in [2.75, 3.05) is 41.4 Å². The smallest absolute Gasteiger partial charge is 0.336 e. The zero-order valence-corrected chi connectivity index (χ0v) is 39.8. The van der Waals surface area contributed by atoms with E-state index < -0.39 is 36.4 Å². The molecule has 0 bridgehead atoms. The highest BCUT2D eigenvalue weighted by Crippen LogP contribution is 2.55. The highest BCUT2D eigenvalue weighted by atomic mass is 32.1. The lowest BCUT2D eigenvalue weighted by atomic mass is 9.70. The number of aliphatic carboxylic acids is 3. The molecule has 2 saturated carbocycles. The molecule has 17 heteroatoms. The summed E-state index contributed by atoms with van der Waals surface area (Å²) < 4.78 is 40.5. The Bertz CT molecular complexity index is 2550. The molecule has 2 spiro atoms. The fourth-order valence-electron chi connectivity index (χ4n) is 11.1. The van der Waals surface area contributed by atoms with E-state index in [0.29, 0.717) is 13.2 Å². The van der Waals surface area contributed by atoms with Crippen molar-refractivity contribution in [2.24, 2.45) is 0 Å². The molecule has 6 N–H and O–H groups in total. The second-order valence-corrected chi connectivity index (χ2v) is 20.7. The first-order chi connectivity index (χ1) is 31.9. The van der Waals surface area contributed by atoms with Gasteiger partial charge in [-0.1, -0.05) is 12.1 Å². The zero-order chi connectivity index (χ0) is 47.9. The third-order valence-electron chi connectivity index (χ3n) is 14.8. The first-order valence-electron chi connectivity index (χ1n) is 22.6. The summed E-state index contributed by atoms with van der Waals surface area (Å²) in [6.07, 6.45) is 7.56. The van der Waals surface area contributed by atoms with Crippen LogP contribution in [0.25, 0.3) is 21.8 Å². The summed E-state index contributed by atoms with van der Waals surface area (Å²) in [6.45, 7) is 1.43. The monoisotopic (exact) mass is 960 g/mol. The van der Waals surface area contributed by atoms with Crippen molar-refractivity contribution in [3.63, 3.8) is 0 Å². The molecule has 0 amide bonds. The molecule has 6 heterocycles. The van der Waals surface area contributed by atoms with Gasteiger partial charge in [0.1, 0.15) is 22.8 Å². The van der Waals surface area contributed by atoms with E-state index in [4.69, 9.17) is 29.9 Å². The van der Waals surface area contributed by atoms with E-state index in [9.17, 15) is 23.2 Å². The molecule has 0 unspecified atom stereocenters. The number of aromatic amines is 2. The van der Waals surface area contributed by atoms with Gasteiger partial charge in [0.2, 0.25) is 0 Å². The van der Waals surface area contributed by atoms with Crippen molar-refractivity contribution >= 4 is 62.4 Å². The number of ether oxygens (including phenoxy) is 2. The van der Waals surface area contributed by atoms with Crippen LogP contribution in [0.1, 0.15) is 96.5 Å². The van der Waals surface area contributed by atoms with Crippen LogP contribution in [-0.2, 0) is 59.0 Å². The van der Waals surface area contributed by atoms with Gasteiger partial charge in [0.25, 0.3) is 0 Å². The van der Waals surface area contributed by atoms with Gasteiger partial charge in [-0.3, -0.25) is 19.4 Å². The Morgan fingerprint density at radius 3 is 1.34 bits per heavy atom. The molecular weight excluding hydrogens is 903 g/mol. The van der Waals surface area contributed by atoms with Crippen LogP contribution in [0.5, 0.6) is 0 Å². The summed E-state index contributed by atoms with van der Waals surface area (Å²) >= 11 is 3.70. The van der Waals surface area contributed by atoms with Crippen LogP contribution in [-0.4, -0.2) is 105 Å². The Morgan fingerprint density at radius 2 is 1.03 bits per heavy atom. The molecule has 358 valence electrons. The lowest BCUT2D eigenvalue weighted by Crippen LogP contribution is -2.49. The second-order valence-electron chi connectivity index (χ2n) is 18.8.